The van der Waals surface area contributed by atoms with E-state index in [1.54, 1.807) is 12.1 Å². The van der Waals surface area contributed by atoms with Gasteiger partial charge in [-0.1, -0.05) is 35.9 Å². The molecule has 7 nitrogen and oxygen atoms in total. The molecule has 1 saturated heterocycles. The predicted molar refractivity (Wildman–Crippen MR) is 127 cm³/mol. The van der Waals surface area contributed by atoms with E-state index in [2.05, 4.69) is 10.1 Å². The lowest BCUT2D eigenvalue weighted by molar-refractivity contribution is -0.143. The summed E-state index contributed by atoms with van der Waals surface area (Å²) < 4.78 is 48.1. The molecule has 36 heavy (non-hydrogen) atoms. The van der Waals surface area contributed by atoms with E-state index in [1.165, 1.54) is 18.1 Å². The highest BCUT2D eigenvalue weighted by atomic mass is 35.5. The molecule has 2 N–H and O–H groups in total. The molecular formula is C25H21ClF3N3O4. The van der Waals surface area contributed by atoms with Gasteiger partial charge < -0.3 is 19.4 Å². The first-order valence-electron chi connectivity index (χ1n) is 11.1. The largest absolute Gasteiger partial charge is 0.494 e. The number of likely N-dealkylation sites (tertiary alicyclic amines) is 1. The number of H-pyrrole nitrogens is 1. The average Bonchev–Trinajstić information content (AvgIpc) is 3.55. The minimum Gasteiger partial charge on any atom is -0.494 e. The van der Waals surface area contributed by atoms with Gasteiger partial charge in [0.05, 0.1) is 35.8 Å². The maximum atomic E-state index is 13.0. The minimum absolute atomic E-state index is 0.00838. The molecule has 2 aromatic carbocycles. The summed E-state index contributed by atoms with van der Waals surface area (Å²) in [6, 6.07) is 12.1. The van der Waals surface area contributed by atoms with Gasteiger partial charge in [-0.15, -0.1) is 0 Å². The number of hydrogen-bond acceptors (Lipinski definition) is 6. The lowest BCUT2D eigenvalue weighted by atomic mass is 9.95. The predicted octanol–water partition coefficient (Wildman–Crippen LogP) is 5.77. The maximum absolute atomic E-state index is 13.0. The van der Waals surface area contributed by atoms with Crippen molar-refractivity contribution in [2.24, 2.45) is 0 Å². The van der Waals surface area contributed by atoms with E-state index in [1.807, 2.05) is 24.3 Å². The van der Waals surface area contributed by atoms with Crippen molar-refractivity contribution in [3.63, 3.8) is 0 Å². The molecule has 1 unspecified atom stereocenters. The number of nitrogens with zero attached hydrogens (tertiary/aromatic N) is 2. The normalized spacial score (nSPS) is 16.6. The number of ether oxygens (including phenoxy) is 1. The molecule has 1 atom stereocenters. The van der Waals surface area contributed by atoms with Crippen LogP contribution in [-0.4, -0.2) is 58.9 Å². The molecule has 1 aliphatic heterocycles. The van der Waals surface area contributed by atoms with Crippen molar-refractivity contribution >= 4 is 28.3 Å². The number of carbonyl (C=O) groups excluding carboxylic acids is 1. The second-order valence-electron chi connectivity index (χ2n) is 8.75. The Bertz CT molecular complexity index is 1430. The van der Waals surface area contributed by atoms with E-state index in [9.17, 15) is 23.1 Å². The van der Waals surface area contributed by atoms with Crippen molar-refractivity contribution in [2.45, 2.75) is 18.5 Å². The number of carbonyl (C=O) groups is 1. The number of fused-ring (bicyclic) bond motifs is 1. The summed E-state index contributed by atoms with van der Waals surface area (Å²) in [5.74, 6) is -0.865. The molecule has 188 valence electrons. The van der Waals surface area contributed by atoms with Crippen LogP contribution in [0.15, 0.2) is 47.0 Å². The molecule has 0 radical (unpaired) electrons. The number of aromatic hydroxyl groups is 1. The van der Waals surface area contributed by atoms with E-state index < -0.39 is 18.5 Å². The van der Waals surface area contributed by atoms with E-state index in [-0.39, 0.29) is 29.0 Å². The maximum Gasteiger partial charge on any atom is 0.401 e. The quantitative estimate of drug-likeness (QED) is 0.314. The number of benzene rings is 2. The molecule has 11 heteroatoms. The van der Waals surface area contributed by atoms with Crippen LogP contribution in [-0.2, 0) is 0 Å². The summed E-state index contributed by atoms with van der Waals surface area (Å²) >= 11 is 6.52. The smallest absolute Gasteiger partial charge is 0.401 e. The molecular weight excluding hydrogens is 499 g/mol. The number of alkyl halides is 3. The van der Waals surface area contributed by atoms with Crippen LogP contribution in [0.1, 0.15) is 34.0 Å². The summed E-state index contributed by atoms with van der Waals surface area (Å²) in [4.78, 5) is 17.2. The molecule has 0 amide bonds. The number of aromatic nitrogens is 2. The van der Waals surface area contributed by atoms with Crippen LogP contribution in [0.4, 0.5) is 13.2 Å². The number of halogens is 4. The first kappa shape index (κ1) is 24.2. The van der Waals surface area contributed by atoms with E-state index >= 15 is 0 Å². The van der Waals surface area contributed by atoms with Gasteiger partial charge in [-0.25, -0.2) is 0 Å². The number of aromatic amines is 1. The fraction of sp³-hybridized carbons (Fsp3) is 0.280. The number of methoxy groups -OCH3 is 1. The molecule has 4 aromatic rings. The molecule has 3 heterocycles. The second kappa shape index (κ2) is 9.18. The summed E-state index contributed by atoms with van der Waals surface area (Å²) in [6.07, 6.45) is -3.55. The Morgan fingerprint density at radius 2 is 2.03 bits per heavy atom. The van der Waals surface area contributed by atoms with Gasteiger partial charge in [-0.05, 0) is 47.3 Å². The Morgan fingerprint density at radius 3 is 2.69 bits per heavy atom. The summed E-state index contributed by atoms with van der Waals surface area (Å²) in [5, 5.41) is 14.9. The second-order valence-corrected chi connectivity index (χ2v) is 9.15. The Labute approximate surface area is 208 Å². The number of hydrogen-bond donors (Lipinski definition) is 2. The van der Waals surface area contributed by atoms with Gasteiger partial charge in [-0.3, -0.25) is 9.69 Å². The van der Waals surface area contributed by atoms with E-state index in [4.69, 9.17) is 20.9 Å². The Hall–Kier alpha value is -3.50. The standard InChI is InChI=1S/C25H21ClF3N3O4/c1-35-21-10-20(36-31-21)23(33)22-17-8-16(18(26)9-19(17)30-24(22)34)14-4-2-13(3-5-14)15-6-7-32(11-15)12-25(27,28)29/h2-5,8-10,15,30,34H,6-7,11-12H2,1H3. The van der Waals surface area contributed by atoms with Crippen molar-refractivity contribution in [1.29, 1.82) is 0 Å². The topological polar surface area (TPSA) is 91.6 Å². The van der Waals surface area contributed by atoms with Crippen LogP contribution < -0.4 is 4.74 Å². The van der Waals surface area contributed by atoms with Crippen molar-refractivity contribution in [2.75, 3.05) is 26.7 Å². The molecule has 0 aliphatic carbocycles. The summed E-state index contributed by atoms with van der Waals surface area (Å²) in [7, 11) is 1.39. The zero-order valence-electron chi connectivity index (χ0n) is 19.0. The molecule has 0 bridgehead atoms. The highest BCUT2D eigenvalue weighted by Crippen LogP contribution is 2.38. The molecule has 2 aromatic heterocycles. The third kappa shape index (κ3) is 4.66. The number of ketones is 1. The molecule has 5 rings (SSSR count). The monoisotopic (exact) mass is 519 g/mol. The first-order valence-corrected chi connectivity index (χ1v) is 11.5. The van der Waals surface area contributed by atoms with Crippen LogP contribution >= 0.6 is 11.6 Å². The zero-order valence-corrected chi connectivity index (χ0v) is 19.8. The van der Waals surface area contributed by atoms with Gasteiger partial charge in [0.2, 0.25) is 17.4 Å². The highest BCUT2D eigenvalue weighted by molar-refractivity contribution is 6.34. The highest BCUT2D eigenvalue weighted by Gasteiger charge is 2.34. The van der Waals surface area contributed by atoms with Crippen molar-refractivity contribution in [3.8, 4) is 22.9 Å². The molecule has 1 fully saturated rings. The fourth-order valence-corrected chi connectivity index (χ4v) is 4.95. The number of nitrogens with one attached hydrogen (secondary N) is 1. The van der Waals surface area contributed by atoms with Crippen LogP contribution in [0.3, 0.4) is 0 Å². The third-order valence-electron chi connectivity index (χ3n) is 6.38. The fourth-order valence-electron chi connectivity index (χ4n) is 4.67. The minimum atomic E-state index is -4.21. The van der Waals surface area contributed by atoms with Crippen LogP contribution in [0, 0.1) is 0 Å². The Balaban J connectivity index is 1.43. The first-order chi connectivity index (χ1) is 17.1. The van der Waals surface area contributed by atoms with Gasteiger partial charge in [0.25, 0.3) is 5.88 Å². The van der Waals surface area contributed by atoms with Crippen molar-refractivity contribution < 1.29 is 32.3 Å². The lowest BCUT2D eigenvalue weighted by Gasteiger charge is -2.18. The Kier molecular flexibility index (Phi) is 6.17. The Morgan fingerprint density at radius 1 is 1.28 bits per heavy atom. The van der Waals surface area contributed by atoms with Gasteiger partial charge in [0.1, 0.15) is 0 Å². The summed E-state index contributed by atoms with van der Waals surface area (Å²) in [6.45, 7) is -0.145. The zero-order chi connectivity index (χ0) is 25.6. The van der Waals surface area contributed by atoms with Crippen molar-refractivity contribution in [3.05, 3.63) is 64.4 Å². The van der Waals surface area contributed by atoms with E-state index in [0.29, 0.717) is 41.0 Å². The van der Waals surface area contributed by atoms with Crippen LogP contribution in [0.2, 0.25) is 5.02 Å². The lowest BCUT2D eigenvalue weighted by Crippen LogP contribution is -2.32. The number of rotatable bonds is 6. The van der Waals surface area contributed by atoms with E-state index in [0.717, 1.165) is 11.1 Å². The third-order valence-corrected chi connectivity index (χ3v) is 6.70. The van der Waals surface area contributed by atoms with Crippen molar-refractivity contribution in [1.82, 2.24) is 15.0 Å². The molecule has 0 spiro atoms. The van der Waals surface area contributed by atoms with Gasteiger partial charge in [0.15, 0.2) is 0 Å². The van der Waals surface area contributed by atoms with Crippen LogP contribution in [0.25, 0.3) is 22.0 Å². The molecule has 0 saturated carbocycles. The SMILES string of the molecule is COc1cc(C(=O)c2c(O)[nH]c3cc(Cl)c(-c4ccc(C5CCN(CC(F)(F)F)C5)cc4)cc23)on1. The average molecular weight is 520 g/mol. The summed E-state index contributed by atoms with van der Waals surface area (Å²) in [5.41, 5.74) is 2.81. The van der Waals surface area contributed by atoms with Gasteiger partial charge in [-0.2, -0.15) is 13.2 Å². The van der Waals surface area contributed by atoms with Crippen LogP contribution in [0.5, 0.6) is 11.8 Å². The van der Waals surface area contributed by atoms with Gasteiger partial charge in [0, 0.05) is 17.5 Å². The van der Waals surface area contributed by atoms with Gasteiger partial charge >= 0.3 is 6.18 Å². The molecule has 1 aliphatic rings.